The van der Waals surface area contributed by atoms with Gasteiger partial charge < -0.3 is 20.7 Å². The number of ketones is 1. The molecule has 11 heteroatoms. The van der Waals surface area contributed by atoms with Crippen LogP contribution in [0.1, 0.15) is 43.0 Å². The number of hydrogen-bond donors (Lipinski definition) is 4. The lowest BCUT2D eigenvalue weighted by atomic mass is 9.93. The molecule has 0 radical (unpaired) electrons. The summed E-state index contributed by atoms with van der Waals surface area (Å²) in [7, 11) is 1.17. The highest BCUT2D eigenvalue weighted by atomic mass is 35.5. The van der Waals surface area contributed by atoms with Crippen LogP contribution in [0.2, 0.25) is 5.02 Å². The van der Waals surface area contributed by atoms with Gasteiger partial charge in [0.05, 0.1) is 24.4 Å². The van der Waals surface area contributed by atoms with Crippen molar-refractivity contribution in [2.75, 3.05) is 12.4 Å². The molecule has 2 fully saturated rings. The van der Waals surface area contributed by atoms with Gasteiger partial charge >= 0.3 is 6.09 Å². The van der Waals surface area contributed by atoms with Crippen molar-refractivity contribution in [3.63, 3.8) is 0 Å². The van der Waals surface area contributed by atoms with Gasteiger partial charge in [0, 0.05) is 23.0 Å². The topological polar surface area (TPSA) is 143 Å². The van der Waals surface area contributed by atoms with Crippen LogP contribution >= 0.6 is 11.6 Å². The molecule has 4 N–H and O–H groups in total. The number of carbonyl (C=O) groups is 5. The van der Waals surface area contributed by atoms with E-state index in [9.17, 15) is 24.0 Å². The average molecular weight is 465 g/mol. The number of hydrogen-bond acceptors (Lipinski definition) is 6. The van der Waals surface area contributed by atoms with E-state index >= 15 is 0 Å². The number of carbonyl (C=O) groups excluding carboxylic acids is 5. The molecule has 3 rings (SSSR count). The van der Waals surface area contributed by atoms with E-state index in [4.69, 9.17) is 11.6 Å². The van der Waals surface area contributed by atoms with E-state index < -0.39 is 35.7 Å². The number of halogens is 1. The Morgan fingerprint density at radius 1 is 1.25 bits per heavy atom. The molecule has 1 aromatic carbocycles. The van der Waals surface area contributed by atoms with Crippen LogP contribution < -0.4 is 21.3 Å². The Morgan fingerprint density at radius 3 is 2.56 bits per heavy atom. The Bertz CT molecular complexity index is 948. The van der Waals surface area contributed by atoms with E-state index in [1.807, 2.05) is 6.92 Å². The molecule has 2 aliphatic rings. The highest BCUT2D eigenvalue weighted by Crippen LogP contribution is 2.24. The largest absolute Gasteiger partial charge is 0.453 e. The summed E-state index contributed by atoms with van der Waals surface area (Å²) in [6, 6.07) is 2.87. The zero-order valence-electron chi connectivity index (χ0n) is 17.7. The minimum atomic E-state index is -1.23. The molecule has 1 heterocycles. The fraction of sp³-hybridized carbons (Fsp3) is 0.476. The van der Waals surface area contributed by atoms with Crippen LogP contribution in [0.15, 0.2) is 18.2 Å². The van der Waals surface area contributed by atoms with Crippen molar-refractivity contribution in [2.24, 2.45) is 5.92 Å². The van der Waals surface area contributed by atoms with Crippen molar-refractivity contribution < 1.29 is 28.7 Å². The molecular formula is C21H25ClN4O6. The summed E-state index contributed by atoms with van der Waals surface area (Å²) in [4.78, 5) is 62.1. The summed E-state index contributed by atoms with van der Waals surface area (Å²) < 4.78 is 4.56. The first-order valence-electron chi connectivity index (χ1n) is 10.3. The van der Waals surface area contributed by atoms with E-state index in [2.05, 4.69) is 26.0 Å². The molecule has 172 valence electrons. The maximum atomic E-state index is 13.0. The normalized spacial score (nSPS) is 20.7. The third-order valence-electron chi connectivity index (χ3n) is 5.32. The predicted octanol–water partition coefficient (Wildman–Crippen LogP) is 1.38. The number of Topliss-reactive ketones (excluding diaryl/α,β-unsaturated/α-hetero) is 1. The van der Waals surface area contributed by atoms with Crippen molar-refractivity contribution in [1.82, 2.24) is 16.0 Å². The smallest absolute Gasteiger partial charge is 0.411 e. The number of ether oxygens (including phenoxy) is 1. The minimum absolute atomic E-state index is 0.0208. The summed E-state index contributed by atoms with van der Waals surface area (Å²) >= 11 is 6.01. The molecule has 1 aliphatic carbocycles. The third kappa shape index (κ3) is 5.97. The lowest BCUT2D eigenvalue weighted by Crippen LogP contribution is -2.49. The van der Waals surface area contributed by atoms with Gasteiger partial charge in [-0.25, -0.2) is 4.79 Å². The molecule has 1 aliphatic heterocycles. The van der Waals surface area contributed by atoms with Gasteiger partial charge in [-0.2, -0.15) is 0 Å². The Morgan fingerprint density at radius 2 is 1.97 bits per heavy atom. The Labute approximate surface area is 189 Å². The Hall–Kier alpha value is -3.14. The van der Waals surface area contributed by atoms with E-state index in [0.717, 1.165) is 12.8 Å². The fourth-order valence-electron chi connectivity index (χ4n) is 3.53. The van der Waals surface area contributed by atoms with Crippen LogP contribution in [0.3, 0.4) is 0 Å². The van der Waals surface area contributed by atoms with Crippen LogP contribution in [0, 0.1) is 5.92 Å². The van der Waals surface area contributed by atoms with Gasteiger partial charge in [0.1, 0.15) is 0 Å². The lowest BCUT2D eigenvalue weighted by Gasteiger charge is -2.20. The Kier molecular flexibility index (Phi) is 7.34. The lowest BCUT2D eigenvalue weighted by molar-refractivity contribution is -0.139. The molecule has 0 aromatic heterocycles. The quantitative estimate of drug-likeness (QED) is 0.428. The monoisotopic (exact) mass is 464 g/mol. The van der Waals surface area contributed by atoms with E-state index in [1.165, 1.54) is 25.3 Å². The van der Waals surface area contributed by atoms with E-state index in [0.29, 0.717) is 6.42 Å². The van der Waals surface area contributed by atoms with Gasteiger partial charge in [-0.15, -0.1) is 0 Å². The number of benzene rings is 1. The molecule has 0 spiro atoms. The molecule has 32 heavy (non-hydrogen) atoms. The maximum Gasteiger partial charge on any atom is 0.411 e. The molecule has 1 aromatic rings. The van der Waals surface area contributed by atoms with Crippen LogP contribution in [-0.4, -0.2) is 54.8 Å². The number of anilines is 1. The first-order chi connectivity index (χ1) is 15.2. The van der Waals surface area contributed by atoms with Crippen molar-refractivity contribution in [1.29, 1.82) is 0 Å². The van der Waals surface area contributed by atoms with Gasteiger partial charge in [0.25, 0.3) is 11.8 Å². The summed E-state index contributed by atoms with van der Waals surface area (Å²) in [5.41, 5.74) is 0.0900. The van der Waals surface area contributed by atoms with Crippen molar-refractivity contribution in [3.05, 3.63) is 28.8 Å². The van der Waals surface area contributed by atoms with Crippen molar-refractivity contribution in [2.45, 2.75) is 50.7 Å². The third-order valence-corrected chi connectivity index (χ3v) is 5.56. The van der Waals surface area contributed by atoms with Gasteiger partial charge in [-0.3, -0.25) is 24.5 Å². The van der Waals surface area contributed by atoms with Crippen LogP contribution in [-0.2, 0) is 19.1 Å². The molecular weight excluding hydrogens is 440 g/mol. The standard InChI is InChI=1S/C21H25ClN4O6/c1-10-7-11(18(28)23-10)8-16(17(27)20(30)24-13-4-5-13)25-19(29)14-9-12(22)3-6-15(14)26-21(31)32-2/h3,6,9-11,13,16H,4-5,7-8H2,1-2H3,(H,23,28)(H,24,30)(H,25,29)(H,26,31)/t10-,11+,16?/m1/s1. The van der Waals surface area contributed by atoms with Crippen LogP contribution in [0.5, 0.6) is 0 Å². The second-order valence-electron chi connectivity index (χ2n) is 8.02. The van der Waals surface area contributed by atoms with Gasteiger partial charge in [-0.05, 0) is 50.8 Å². The van der Waals surface area contributed by atoms with E-state index in [-0.39, 0.29) is 40.7 Å². The molecule has 1 saturated heterocycles. The van der Waals surface area contributed by atoms with Crippen LogP contribution in [0.25, 0.3) is 0 Å². The molecule has 3 atom stereocenters. The predicted molar refractivity (Wildman–Crippen MR) is 115 cm³/mol. The molecule has 10 nitrogen and oxygen atoms in total. The molecule has 1 saturated carbocycles. The van der Waals surface area contributed by atoms with Gasteiger partial charge in [-0.1, -0.05) is 11.6 Å². The average Bonchev–Trinajstić information content (AvgIpc) is 3.50. The molecule has 0 bridgehead atoms. The number of methoxy groups -OCH3 is 1. The van der Waals surface area contributed by atoms with Gasteiger partial charge in [0.2, 0.25) is 11.7 Å². The summed E-state index contributed by atoms with van der Waals surface area (Å²) in [6.07, 6.45) is 1.25. The van der Waals surface area contributed by atoms with E-state index in [1.54, 1.807) is 0 Å². The number of rotatable bonds is 8. The molecule has 4 amide bonds. The molecule has 1 unspecified atom stereocenters. The fourth-order valence-corrected chi connectivity index (χ4v) is 3.70. The highest BCUT2D eigenvalue weighted by Gasteiger charge is 2.37. The summed E-state index contributed by atoms with van der Waals surface area (Å²) in [5.74, 6) is -3.13. The zero-order valence-corrected chi connectivity index (χ0v) is 18.5. The SMILES string of the molecule is COC(=O)Nc1ccc(Cl)cc1C(=O)NC(C[C@@H]1C[C@@H](C)NC1=O)C(=O)C(=O)NC1CC1. The second-order valence-corrected chi connectivity index (χ2v) is 8.46. The summed E-state index contributed by atoms with van der Waals surface area (Å²) in [6.45, 7) is 1.84. The first-order valence-corrected chi connectivity index (χ1v) is 10.7. The van der Waals surface area contributed by atoms with Gasteiger partial charge in [0.15, 0.2) is 0 Å². The maximum absolute atomic E-state index is 13.0. The Balaban J connectivity index is 1.81. The highest BCUT2D eigenvalue weighted by molar-refractivity contribution is 6.38. The zero-order chi connectivity index (χ0) is 23.4. The number of amides is 4. The summed E-state index contributed by atoms with van der Waals surface area (Å²) in [5, 5.41) is 10.6. The second kappa shape index (κ2) is 9.99. The van der Waals surface area contributed by atoms with Crippen LogP contribution in [0.4, 0.5) is 10.5 Å². The number of nitrogens with one attached hydrogen (secondary N) is 4. The minimum Gasteiger partial charge on any atom is -0.453 e. The van der Waals surface area contributed by atoms with Crippen molar-refractivity contribution in [3.8, 4) is 0 Å². The van der Waals surface area contributed by atoms with Crippen molar-refractivity contribution >= 4 is 46.9 Å². The first kappa shape index (κ1) is 23.5.